The highest BCUT2D eigenvalue weighted by Crippen LogP contribution is 2.36. The Morgan fingerprint density at radius 2 is 1.68 bits per heavy atom. The SMILES string of the molecule is CN1CCN(c2ccc(Nc3cc4c(n(C)c3=O)COCc3c-4cccc3-n3ncc4cc(C(C)(C)C)cc(F)c4c3=O)nc2)CC1. The first kappa shape index (κ1) is 30.8. The summed E-state index contributed by atoms with van der Waals surface area (Å²) in [6.07, 6.45) is 3.37. The van der Waals surface area contributed by atoms with Gasteiger partial charge in [0.2, 0.25) is 0 Å². The van der Waals surface area contributed by atoms with Crippen molar-refractivity contribution >= 4 is 28.0 Å². The number of benzene rings is 2. The average molecular weight is 636 g/mol. The largest absolute Gasteiger partial charge is 0.370 e. The van der Waals surface area contributed by atoms with Gasteiger partial charge in [-0.05, 0) is 60.0 Å². The number of ether oxygens (including phenoxy) is 1. The van der Waals surface area contributed by atoms with Crippen molar-refractivity contribution in [3.63, 3.8) is 0 Å². The standard InChI is InChI=1S/C36H38FN7O3/c1-36(2,3)23-15-22-18-39-44(35(46)33(22)28(37)16-23)30-8-6-7-25-26-17-29(34(45)42(5)31(26)21-47-20-27(25)30)40-32-10-9-24(19-38-32)43-13-11-41(4)12-14-43/h6-10,15-19H,11-14,20-21H2,1-5H3,(H,38,40). The summed E-state index contributed by atoms with van der Waals surface area (Å²) in [4.78, 5) is 36.5. The van der Waals surface area contributed by atoms with Gasteiger partial charge in [0.05, 0.1) is 48.1 Å². The van der Waals surface area contributed by atoms with Crippen LogP contribution in [-0.2, 0) is 30.4 Å². The predicted octanol–water partition coefficient (Wildman–Crippen LogP) is 5.11. The summed E-state index contributed by atoms with van der Waals surface area (Å²) in [5.41, 5.74) is 4.64. The lowest BCUT2D eigenvalue weighted by Crippen LogP contribution is -2.44. The maximum atomic E-state index is 15.5. The summed E-state index contributed by atoms with van der Waals surface area (Å²) in [5.74, 6) is -0.0181. The summed E-state index contributed by atoms with van der Waals surface area (Å²) in [6, 6.07) is 14.5. The minimum atomic E-state index is -0.576. The molecule has 0 amide bonds. The van der Waals surface area contributed by atoms with Crippen LogP contribution in [0.3, 0.4) is 0 Å². The molecule has 1 fully saturated rings. The second-order valence-electron chi connectivity index (χ2n) is 13.4. The molecule has 0 saturated carbocycles. The van der Waals surface area contributed by atoms with Gasteiger partial charge in [-0.2, -0.15) is 9.78 Å². The van der Waals surface area contributed by atoms with Gasteiger partial charge in [0.15, 0.2) is 0 Å². The molecular formula is C36H38FN7O3. The van der Waals surface area contributed by atoms with Crippen LogP contribution in [0.1, 0.15) is 37.6 Å². The van der Waals surface area contributed by atoms with Crippen molar-refractivity contribution in [2.24, 2.45) is 7.05 Å². The number of pyridine rings is 2. The van der Waals surface area contributed by atoms with Crippen LogP contribution in [0.15, 0.2) is 70.5 Å². The molecule has 3 aromatic heterocycles. The third-order valence-electron chi connectivity index (χ3n) is 9.28. The number of anilines is 3. The highest BCUT2D eigenvalue weighted by molar-refractivity contribution is 5.83. The number of rotatable bonds is 4. The Labute approximate surface area is 272 Å². The fourth-order valence-electron chi connectivity index (χ4n) is 6.39. The van der Waals surface area contributed by atoms with E-state index in [0.717, 1.165) is 48.6 Å². The van der Waals surface area contributed by atoms with Crippen LogP contribution in [0.2, 0.25) is 0 Å². The van der Waals surface area contributed by atoms with Crippen LogP contribution in [0, 0.1) is 5.82 Å². The molecule has 2 aromatic carbocycles. The molecule has 0 radical (unpaired) electrons. The van der Waals surface area contributed by atoms with Crippen LogP contribution in [-0.4, -0.2) is 57.5 Å². The number of aromatic nitrogens is 4. The lowest BCUT2D eigenvalue weighted by atomic mass is 9.86. The molecular weight excluding hydrogens is 597 g/mol. The van der Waals surface area contributed by atoms with Crippen molar-refractivity contribution in [1.82, 2.24) is 24.2 Å². The van der Waals surface area contributed by atoms with Gasteiger partial charge >= 0.3 is 0 Å². The molecule has 0 unspecified atom stereocenters. The lowest BCUT2D eigenvalue weighted by Gasteiger charge is -2.33. The first-order valence-electron chi connectivity index (χ1n) is 15.8. The molecule has 2 aliphatic rings. The Hall–Kier alpha value is -4.87. The van der Waals surface area contributed by atoms with E-state index >= 15 is 4.39 Å². The minimum Gasteiger partial charge on any atom is -0.370 e. The van der Waals surface area contributed by atoms with Gasteiger partial charge < -0.3 is 24.4 Å². The average Bonchev–Trinajstić information content (AvgIpc) is 3.23. The van der Waals surface area contributed by atoms with Crippen molar-refractivity contribution in [2.75, 3.05) is 43.4 Å². The topological polar surface area (TPSA) is 97.5 Å². The molecule has 0 bridgehead atoms. The molecule has 5 heterocycles. The van der Waals surface area contributed by atoms with Gasteiger partial charge in [-0.3, -0.25) is 9.59 Å². The number of likely N-dealkylation sites (N-methyl/N-ethyl adjacent to an activating group) is 1. The molecule has 1 saturated heterocycles. The maximum Gasteiger partial charge on any atom is 0.282 e. The van der Waals surface area contributed by atoms with Crippen molar-refractivity contribution in [3.05, 3.63) is 104 Å². The summed E-state index contributed by atoms with van der Waals surface area (Å²) in [5, 5.41) is 8.15. The van der Waals surface area contributed by atoms with Crippen LogP contribution in [0.4, 0.5) is 21.6 Å². The van der Waals surface area contributed by atoms with E-state index in [9.17, 15) is 9.59 Å². The zero-order valence-electron chi connectivity index (χ0n) is 27.3. The Morgan fingerprint density at radius 1 is 0.894 bits per heavy atom. The van der Waals surface area contributed by atoms with E-state index in [0.29, 0.717) is 33.8 Å². The monoisotopic (exact) mass is 635 g/mol. The maximum absolute atomic E-state index is 15.5. The van der Waals surface area contributed by atoms with E-state index in [1.54, 1.807) is 17.7 Å². The van der Waals surface area contributed by atoms with Gasteiger partial charge in [0.1, 0.15) is 17.3 Å². The van der Waals surface area contributed by atoms with Gasteiger partial charge in [-0.1, -0.05) is 32.9 Å². The number of nitrogens with one attached hydrogen (secondary N) is 1. The second kappa shape index (κ2) is 11.7. The quantitative estimate of drug-likeness (QED) is 0.291. The smallest absolute Gasteiger partial charge is 0.282 e. The van der Waals surface area contributed by atoms with Crippen LogP contribution < -0.4 is 21.3 Å². The van der Waals surface area contributed by atoms with E-state index in [2.05, 4.69) is 32.2 Å². The summed E-state index contributed by atoms with van der Waals surface area (Å²) < 4.78 is 24.3. The Bertz CT molecular complexity index is 2130. The molecule has 47 heavy (non-hydrogen) atoms. The number of nitrogens with zero attached hydrogens (tertiary/aromatic N) is 6. The van der Waals surface area contributed by atoms with Crippen molar-refractivity contribution in [3.8, 4) is 16.8 Å². The van der Waals surface area contributed by atoms with Crippen molar-refractivity contribution in [1.29, 1.82) is 0 Å². The van der Waals surface area contributed by atoms with E-state index in [-0.39, 0.29) is 29.6 Å². The zero-order chi connectivity index (χ0) is 33.0. The molecule has 0 spiro atoms. The third kappa shape index (κ3) is 5.59. The third-order valence-corrected chi connectivity index (χ3v) is 9.28. The molecule has 5 aromatic rings. The molecule has 0 aliphatic carbocycles. The van der Waals surface area contributed by atoms with Crippen LogP contribution in [0.25, 0.3) is 27.6 Å². The van der Waals surface area contributed by atoms with Gasteiger partial charge in [0.25, 0.3) is 11.1 Å². The van der Waals surface area contributed by atoms with E-state index in [1.807, 2.05) is 63.4 Å². The Balaban J connectivity index is 1.27. The highest BCUT2D eigenvalue weighted by Gasteiger charge is 2.25. The van der Waals surface area contributed by atoms with Crippen LogP contribution >= 0.6 is 0 Å². The molecule has 0 atom stereocenters. The fourth-order valence-corrected chi connectivity index (χ4v) is 6.39. The number of hydrogen-bond donors (Lipinski definition) is 1. The predicted molar refractivity (Wildman–Crippen MR) is 182 cm³/mol. The van der Waals surface area contributed by atoms with Crippen molar-refractivity contribution in [2.45, 2.75) is 39.4 Å². The lowest BCUT2D eigenvalue weighted by molar-refractivity contribution is 0.105. The van der Waals surface area contributed by atoms with E-state index in [4.69, 9.17) is 4.74 Å². The summed E-state index contributed by atoms with van der Waals surface area (Å²) in [7, 11) is 3.84. The molecule has 10 nitrogen and oxygen atoms in total. The summed E-state index contributed by atoms with van der Waals surface area (Å²) >= 11 is 0. The fraction of sp³-hybridized carbons (Fsp3) is 0.333. The Kier molecular flexibility index (Phi) is 7.68. The first-order chi connectivity index (χ1) is 22.5. The zero-order valence-corrected chi connectivity index (χ0v) is 27.3. The molecule has 1 N–H and O–H groups in total. The number of piperazine rings is 1. The molecule has 2 aliphatic heterocycles. The van der Waals surface area contributed by atoms with Crippen molar-refractivity contribution < 1.29 is 9.13 Å². The highest BCUT2D eigenvalue weighted by atomic mass is 19.1. The van der Waals surface area contributed by atoms with Gasteiger partial charge in [-0.25, -0.2) is 9.37 Å². The van der Waals surface area contributed by atoms with Crippen LogP contribution in [0.5, 0.6) is 0 Å². The number of hydrogen-bond acceptors (Lipinski definition) is 8. The van der Waals surface area contributed by atoms with E-state index in [1.165, 1.54) is 16.9 Å². The molecule has 11 heteroatoms. The van der Waals surface area contributed by atoms with E-state index < -0.39 is 11.4 Å². The number of halogens is 1. The minimum absolute atomic E-state index is 0.0134. The second-order valence-corrected chi connectivity index (χ2v) is 13.4. The number of fused-ring (bicyclic) bond motifs is 4. The molecule has 7 rings (SSSR count). The summed E-state index contributed by atoms with van der Waals surface area (Å²) in [6.45, 7) is 10.2. The molecule has 242 valence electrons. The Morgan fingerprint density at radius 3 is 2.40 bits per heavy atom. The van der Waals surface area contributed by atoms with Gasteiger partial charge in [0, 0.05) is 49.7 Å². The normalized spacial score (nSPS) is 15.3. The van der Waals surface area contributed by atoms with Gasteiger partial charge in [-0.15, -0.1) is 0 Å². The first-order valence-corrected chi connectivity index (χ1v) is 15.8.